The van der Waals surface area contributed by atoms with Crippen molar-refractivity contribution < 1.29 is 23.9 Å². The highest BCUT2D eigenvalue weighted by molar-refractivity contribution is 6.08. The van der Waals surface area contributed by atoms with E-state index in [9.17, 15) is 19.2 Å². The summed E-state index contributed by atoms with van der Waals surface area (Å²) in [5.41, 5.74) is -1.44. The van der Waals surface area contributed by atoms with Crippen LogP contribution in [0.5, 0.6) is 0 Å². The van der Waals surface area contributed by atoms with Gasteiger partial charge in [0, 0.05) is 5.41 Å². The maximum atomic E-state index is 12.3. The van der Waals surface area contributed by atoms with Gasteiger partial charge in [0.1, 0.15) is 12.1 Å². The number of imide groups is 1. The van der Waals surface area contributed by atoms with Crippen LogP contribution in [0, 0.1) is 5.41 Å². The molecule has 0 unspecified atom stereocenters. The van der Waals surface area contributed by atoms with Gasteiger partial charge in [-0.1, -0.05) is 33.6 Å². The third kappa shape index (κ3) is 3.13. The second-order valence-corrected chi connectivity index (χ2v) is 6.94. The number of hydrogen-bond acceptors (Lipinski definition) is 5. The Labute approximate surface area is 129 Å². The quantitative estimate of drug-likeness (QED) is 0.618. The zero-order valence-corrected chi connectivity index (χ0v) is 13.2. The van der Waals surface area contributed by atoms with E-state index in [1.165, 1.54) is 0 Å². The van der Waals surface area contributed by atoms with Crippen molar-refractivity contribution in [2.45, 2.75) is 52.0 Å². The summed E-state index contributed by atoms with van der Waals surface area (Å²) >= 11 is 0. The summed E-state index contributed by atoms with van der Waals surface area (Å²) in [7, 11) is 0. The summed E-state index contributed by atoms with van der Waals surface area (Å²) in [4.78, 5) is 48.6. The predicted octanol–water partition coefficient (Wildman–Crippen LogP) is 1.01. The Kier molecular flexibility index (Phi) is 4.26. The minimum atomic E-state index is -0.835. The predicted molar refractivity (Wildman–Crippen MR) is 76.9 cm³/mol. The SMILES string of the molecule is CC(C)(C)C(=O)COC(=O)CN1C(=O)NC2(CCCC2)C1=O. The van der Waals surface area contributed by atoms with E-state index in [4.69, 9.17) is 4.74 Å². The summed E-state index contributed by atoms with van der Waals surface area (Å²) in [5, 5.41) is 2.69. The van der Waals surface area contributed by atoms with Gasteiger partial charge in [-0.05, 0) is 12.8 Å². The molecule has 2 aliphatic rings. The molecule has 7 heteroatoms. The van der Waals surface area contributed by atoms with E-state index in [0.29, 0.717) is 12.8 Å². The number of hydrogen-bond donors (Lipinski definition) is 1. The first kappa shape index (κ1) is 16.5. The minimum absolute atomic E-state index is 0.217. The fraction of sp³-hybridized carbons (Fsp3) is 0.733. The van der Waals surface area contributed by atoms with E-state index in [1.807, 2.05) is 0 Å². The number of rotatable bonds is 4. The molecule has 3 amide bonds. The molecule has 122 valence electrons. The van der Waals surface area contributed by atoms with E-state index in [2.05, 4.69) is 5.32 Å². The molecule has 22 heavy (non-hydrogen) atoms. The molecule has 1 N–H and O–H groups in total. The number of ether oxygens (including phenoxy) is 1. The number of Topliss-reactive ketones (excluding diaryl/α,β-unsaturated/α-hetero) is 1. The Balaban J connectivity index is 1.91. The lowest BCUT2D eigenvalue weighted by atomic mass is 9.91. The minimum Gasteiger partial charge on any atom is -0.456 e. The van der Waals surface area contributed by atoms with E-state index >= 15 is 0 Å². The first-order chi connectivity index (χ1) is 10.2. The van der Waals surface area contributed by atoms with Crippen molar-refractivity contribution in [1.82, 2.24) is 10.2 Å². The fourth-order valence-electron chi connectivity index (χ4n) is 2.67. The zero-order valence-electron chi connectivity index (χ0n) is 13.2. The van der Waals surface area contributed by atoms with Gasteiger partial charge < -0.3 is 10.1 Å². The maximum absolute atomic E-state index is 12.3. The molecule has 0 aromatic rings. The number of nitrogens with zero attached hydrogens (tertiary/aromatic N) is 1. The van der Waals surface area contributed by atoms with Crippen molar-refractivity contribution in [2.24, 2.45) is 5.41 Å². The average Bonchev–Trinajstić information content (AvgIpc) is 2.97. The highest BCUT2D eigenvalue weighted by Gasteiger charge is 2.52. The summed E-state index contributed by atoms with van der Waals surface area (Å²) in [6.45, 7) is 4.38. The molecule has 2 fully saturated rings. The number of ketones is 1. The fourth-order valence-corrected chi connectivity index (χ4v) is 2.67. The molecule has 1 saturated carbocycles. The van der Waals surface area contributed by atoms with Gasteiger partial charge in [-0.3, -0.25) is 19.3 Å². The molecule has 0 radical (unpaired) electrons. The second-order valence-electron chi connectivity index (χ2n) is 6.94. The molecule has 7 nitrogen and oxygen atoms in total. The molecule has 1 spiro atoms. The van der Waals surface area contributed by atoms with Crippen molar-refractivity contribution in [3.63, 3.8) is 0 Å². The van der Waals surface area contributed by atoms with Crippen molar-refractivity contribution in [1.29, 1.82) is 0 Å². The van der Waals surface area contributed by atoms with Crippen LogP contribution in [-0.4, -0.2) is 47.3 Å². The van der Waals surface area contributed by atoms with Crippen molar-refractivity contribution in [3.05, 3.63) is 0 Å². The van der Waals surface area contributed by atoms with Gasteiger partial charge in [0.15, 0.2) is 12.4 Å². The van der Waals surface area contributed by atoms with Crippen LogP contribution in [0.2, 0.25) is 0 Å². The molecular formula is C15H22N2O5. The Hall–Kier alpha value is -1.92. The lowest BCUT2D eigenvalue weighted by molar-refractivity contribution is -0.152. The number of esters is 1. The topological polar surface area (TPSA) is 92.8 Å². The largest absolute Gasteiger partial charge is 0.456 e. The Morgan fingerprint density at radius 1 is 1.23 bits per heavy atom. The van der Waals surface area contributed by atoms with Gasteiger partial charge in [0.2, 0.25) is 0 Å². The van der Waals surface area contributed by atoms with E-state index in [1.54, 1.807) is 20.8 Å². The number of urea groups is 1. The Morgan fingerprint density at radius 2 is 1.82 bits per heavy atom. The third-order valence-electron chi connectivity index (χ3n) is 4.19. The Bertz CT molecular complexity index is 515. The first-order valence-corrected chi connectivity index (χ1v) is 7.49. The van der Waals surface area contributed by atoms with Crippen LogP contribution in [0.25, 0.3) is 0 Å². The molecule has 0 aromatic carbocycles. The molecule has 1 heterocycles. The molecule has 1 saturated heterocycles. The first-order valence-electron chi connectivity index (χ1n) is 7.49. The summed E-state index contributed by atoms with van der Waals surface area (Å²) in [6, 6.07) is -0.564. The van der Waals surface area contributed by atoms with E-state index in [-0.39, 0.29) is 18.3 Å². The second kappa shape index (κ2) is 5.70. The van der Waals surface area contributed by atoms with Crippen LogP contribution >= 0.6 is 0 Å². The molecule has 0 aromatic heterocycles. The van der Waals surface area contributed by atoms with Crippen LogP contribution in [0.4, 0.5) is 4.79 Å². The number of carbonyl (C=O) groups excluding carboxylic acids is 4. The van der Waals surface area contributed by atoms with Crippen LogP contribution in [0.15, 0.2) is 0 Å². The summed E-state index contributed by atoms with van der Waals surface area (Å²) < 4.78 is 4.88. The number of carbonyl (C=O) groups is 4. The van der Waals surface area contributed by atoms with Crippen LogP contribution in [0.3, 0.4) is 0 Å². The number of amides is 3. The summed E-state index contributed by atoms with van der Waals surface area (Å²) in [5.74, 6) is -1.34. The van der Waals surface area contributed by atoms with Crippen molar-refractivity contribution in [2.75, 3.05) is 13.2 Å². The third-order valence-corrected chi connectivity index (χ3v) is 4.19. The van der Waals surface area contributed by atoms with Gasteiger partial charge in [-0.15, -0.1) is 0 Å². The zero-order chi connectivity index (χ0) is 16.5. The van der Waals surface area contributed by atoms with Crippen molar-refractivity contribution >= 4 is 23.7 Å². The molecule has 2 rings (SSSR count). The molecule has 0 atom stereocenters. The van der Waals surface area contributed by atoms with Gasteiger partial charge in [-0.25, -0.2) is 4.79 Å². The number of nitrogens with one attached hydrogen (secondary N) is 1. The lowest BCUT2D eigenvalue weighted by Gasteiger charge is -2.20. The maximum Gasteiger partial charge on any atom is 0.326 e. The molecule has 1 aliphatic heterocycles. The molecule has 0 bridgehead atoms. The monoisotopic (exact) mass is 310 g/mol. The highest BCUT2D eigenvalue weighted by Crippen LogP contribution is 2.34. The Morgan fingerprint density at radius 3 is 2.36 bits per heavy atom. The lowest BCUT2D eigenvalue weighted by Crippen LogP contribution is -2.44. The van der Waals surface area contributed by atoms with Gasteiger partial charge in [0.25, 0.3) is 5.91 Å². The van der Waals surface area contributed by atoms with Crippen molar-refractivity contribution in [3.8, 4) is 0 Å². The highest BCUT2D eigenvalue weighted by atomic mass is 16.5. The van der Waals surface area contributed by atoms with Gasteiger partial charge in [0.05, 0.1) is 0 Å². The summed E-state index contributed by atoms with van der Waals surface area (Å²) in [6.07, 6.45) is 2.96. The van der Waals surface area contributed by atoms with E-state index in [0.717, 1.165) is 17.7 Å². The van der Waals surface area contributed by atoms with Crippen LogP contribution < -0.4 is 5.32 Å². The van der Waals surface area contributed by atoms with Crippen LogP contribution in [0.1, 0.15) is 46.5 Å². The van der Waals surface area contributed by atoms with E-state index < -0.39 is 29.5 Å². The average molecular weight is 310 g/mol. The van der Waals surface area contributed by atoms with Gasteiger partial charge in [-0.2, -0.15) is 0 Å². The molecular weight excluding hydrogens is 288 g/mol. The van der Waals surface area contributed by atoms with Gasteiger partial charge >= 0.3 is 12.0 Å². The smallest absolute Gasteiger partial charge is 0.326 e. The standard InChI is InChI=1S/C15H22N2O5/c1-14(2,3)10(18)9-22-11(19)8-17-12(20)15(16-13(17)21)6-4-5-7-15/h4-9H2,1-3H3,(H,16,21). The van der Waals surface area contributed by atoms with Crippen LogP contribution in [-0.2, 0) is 19.1 Å². The normalized spacial score (nSPS) is 20.4. The molecule has 1 aliphatic carbocycles.